The summed E-state index contributed by atoms with van der Waals surface area (Å²) in [6, 6.07) is 11.8. The molecule has 2 N–H and O–H groups in total. The minimum Gasteiger partial charge on any atom is -0.353 e. The van der Waals surface area contributed by atoms with Crippen molar-refractivity contribution in [2.75, 3.05) is 50.9 Å². The second-order valence-electron chi connectivity index (χ2n) is 12.1. The van der Waals surface area contributed by atoms with Crippen LogP contribution in [0.2, 0.25) is 0 Å². The number of alkyl halides is 3. The van der Waals surface area contributed by atoms with Gasteiger partial charge in [-0.15, -0.1) is 0 Å². The average molecular weight is 658 g/mol. The number of hydrogen-bond acceptors (Lipinski definition) is 7. The van der Waals surface area contributed by atoms with Gasteiger partial charge in [0, 0.05) is 75.2 Å². The van der Waals surface area contributed by atoms with E-state index < -0.39 is 23.5 Å². The smallest absolute Gasteiger partial charge is 0.353 e. The number of fused-ring (bicyclic) bond motifs is 1. The molecule has 1 unspecified atom stereocenters. The molecule has 0 spiro atoms. The number of aromatic nitrogens is 1. The quantitative estimate of drug-likeness (QED) is 0.255. The van der Waals surface area contributed by atoms with Gasteiger partial charge in [0.25, 0.3) is 5.91 Å². The van der Waals surface area contributed by atoms with Crippen LogP contribution in [0.4, 0.5) is 29.1 Å². The Bertz CT molecular complexity index is 1870. The fraction of sp³-hybridized carbons (Fsp3) is 0.278. The molecule has 1 atom stereocenters. The van der Waals surface area contributed by atoms with Gasteiger partial charge >= 0.3 is 6.18 Å². The Hall–Kier alpha value is -5.12. The van der Waals surface area contributed by atoms with E-state index in [0.29, 0.717) is 30.0 Å². The number of nitrogens with zero attached hydrogens (tertiary/aromatic N) is 5. The maximum Gasteiger partial charge on any atom is 0.416 e. The summed E-state index contributed by atoms with van der Waals surface area (Å²) >= 11 is 0. The van der Waals surface area contributed by atoms with Crippen molar-refractivity contribution in [2.45, 2.75) is 25.8 Å². The van der Waals surface area contributed by atoms with Crippen molar-refractivity contribution < 1.29 is 22.4 Å². The summed E-state index contributed by atoms with van der Waals surface area (Å²) in [5.41, 5.74) is 2.56. The predicted octanol–water partition coefficient (Wildman–Crippen LogP) is 5.84. The second-order valence-corrected chi connectivity index (χ2v) is 12.1. The number of allylic oxidation sites excluding steroid dienone is 3. The lowest BCUT2D eigenvalue weighted by Crippen LogP contribution is -2.44. The molecule has 3 aliphatic rings. The summed E-state index contributed by atoms with van der Waals surface area (Å²) in [5, 5.41) is 5.71. The van der Waals surface area contributed by atoms with Crippen molar-refractivity contribution in [1.82, 2.24) is 24.6 Å². The topological polar surface area (TPSA) is 67.0 Å². The van der Waals surface area contributed by atoms with E-state index in [-0.39, 0.29) is 35.3 Å². The summed E-state index contributed by atoms with van der Waals surface area (Å²) in [7, 11) is 3.88. The largest absolute Gasteiger partial charge is 0.416 e. The van der Waals surface area contributed by atoms with E-state index in [2.05, 4.69) is 32.4 Å². The van der Waals surface area contributed by atoms with E-state index in [1.807, 2.05) is 60.3 Å². The Morgan fingerprint density at radius 2 is 1.83 bits per heavy atom. The van der Waals surface area contributed by atoms with Crippen LogP contribution >= 0.6 is 0 Å². The number of halogens is 4. The Morgan fingerprint density at radius 1 is 1.04 bits per heavy atom. The third-order valence-electron chi connectivity index (χ3n) is 8.56. The Balaban J connectivity index is 1.16. The number of carbonyl (C=O) groups is 1. The number of rotatable bonds is 6. The zero-order valence-corrected chi connectivity index (χ0v) is 26.8. The van der Waals surface area contributed by atoms with Crippen LogP contribution in [-0.4, -0.2) is 76.9 Å². The van der Waals surface area contributed by atoms with E-state index in [1.54, 1.807) is 18.2 Å². The zero-order chi connectivity index (χ0) is 34.0. The first-order valence-corrected chi connectivity index (χ1v) is 15.5. The fourth-order valence-electron chi connectivity index (χ4n) is 5.87. The van der Waals surface area contributed by atoms with Gasteiger partial charge in [-0.05, 0) is 79.6 Å². The van der Waals surface area contributed by atoms with Crippen molar-refractivity contribution in [3.8, 4) is 11.8 Å². The zero-order valence-electron chi connectivity index (χ0n) is 26.8. The molecule has 0 aliphatic carbocycles. The molecular weight excluding hydrogens is 622 g/mol. The van der Waals surface area contributed by atoms with E-state index in [4.69, 9.17) is 0 Å². The number of nitrogens with one attached hydrogen (secondary N) is 2. The molecule has 1 saturated heterocycles. The molecule has 248 valence electrons. The number of carbonyl (C=O) groups excluding carboxylic acids is 1. The summed E-state index contributed by atoms with van der Waals surface area (Å²) < 4.78 is 56.5. The molecule has 3 aromatic rings. The van der Waals surface area contributed by atoms with Gasteiger partial charge in [-0.3, -0.25) is 9.69 Å². The van der Waals surface area contributed by atoms with Crippen LogP contribution in [-0.2, 0) is 12.7 Å². The first-order valence-electron chi connectivity index (χ1n) is 15.5. The first kappa shape index (κ1) is 32.8. The molecule has 2 aromatic carbocycles. The van der Waals surface area contributed by atoms with Crippen LogP contribution in [0.3, 0.4) is 0 Å². The molecule has 0 bridgehead atoms. The van der Waals surface area contributed by atoms with Crippen LogP contribution in [0.15, 0.2) is 90.7 Å². The van der Waals surface area contributed by atoms with Gasteiger partial charge in [0.1, 0.15) is 11.9 Å². The summed E-state index contributed by atoms with van der Waals surface area (Å²) in [5.74, 6) is 5.44. The number of amides is 1. The van der Waals surface area contributed by atoms with Crippen LogP contribution in [0.5, 0.6) is 0 Å². The highest BCUT2D eigenvalue weighted by molar-refractivity contribution is 6.04. The molecule has 48 heavy (non-hydrogen) atoms. The van der Waals surface area contributed by atoms with Crippen LogP contribution in [0.25, 0.3) is 0 Å². The van der Waals surface area contributed by atoms with E-state index in [1.165, 1.54) is 30.5 Å². The van der Waals surface area contributed by atoms with E-state index >= 15 is 0 Å². The SMILES string of the molecule is Cc1ccc(C(=O)Nc2ccc(CN3CCN(C)CC3)c(C(F)(F)F)c2)cc1C#CC1=CN(C)C2C(Nc3ncccc3F)=CC=CN12. The fourth-order valence-corrected chi connectivity index (χ4v) is 5.87. The maximum absolute atomic E-state index is 14.3. The number of anilines is 2. The summed E-state index contributed by atoms with van der Waals surface area (Å²) in [6.45, 7) is 5.04. The number of aryl methyl sites for hydroxylation is 1. The molecule has 12 heteroatoms. The van der Waals surface area contributed by atoms with E-state index in [9.17, 15) is 22.4 Å². The van der Waals surface area contributed by atoms with Gasteiger partial charge < -0.3 is 25.3 Å². The number of likely N-dealkylation sites (N-methyl/N-ethyl adjacent to an activating group) is 2. The lowest BCUT2D eigenvalue weighted by Gasteiger charge is -2.33. The van der Waals surface area contributed by atoms with Gasteiger partial charge in [-0.2, -0.15) is 13.2 Å². The molecular formula is C36H35F4N7O. The number of pyridine rings is 1. The molecule has 6 rings (SSSR count). The minimum absolute atomic E-state index is 0.0628. The third kappa shape index (κ3) is 7.22. The monoisotopic (exact) mass is 657 g/mol. The van der Waals surface area contributed by atoms with Crippen LogP contribution < -0.4 is 10.6 Å². The molecule has 4 heterocycles. The molecule has 1 aromatic heterocycles. The van der Waals surface area contributed by atoms with Gasteiger partial charge in [0.2, 0.25) is 0 Å². The maximum atomic E-state index is 14.3. The van der Waals surface area contributed by atoms with E-state index in [0.717, 1.165) is 24.7 Å². The van der Waals surface area contributed by atoms with Crippen molar-refractivity contribution in [1.29, 1.82) is 0 Å². The van der Waals surface area contributed by atoms with Gasteiger partial charge in [-0.25, -0.2) is 9.37 Å². The van der Waals surface area contributed by atoms with Crippen molar-refractivity contribution in [2.24, 2.45) is 0 Å². The van der Waals surface area contributed by atoms with Gasteiger partial charge in [0.15, 0.2) is 11.6 Å². The highest BCUT2D eigenvalue weighted by atomic mass is 19.4. The van der Waals surface area contributed by atoms with Crippen molar-refractivity contribution in [3.05, 3.63) is 124 Å². The number of hydrogen-bond donors (Lipinski definition) is 2. The third-order valence-corrected chi connectivity index (χ3v) is 8.56. The summed E-state index contributed by atoms with van der Waals surface area (Å²) in [6.07, 6.45) is 4.06. The van der Waals surface area contributed by atoms with Gasteiger partial charge in [0.05, 0.1) is 11.3 Å². The lowest BCUT2D eigenvalue weighted by molar-refractivity contribution is -0.138. The first-order chi connectivity index (χ1) is 23.0. The molecule has 0 radical (unpaired) electrons. The highest BCUT2D eigenvalue weighted by Crippen LogP contribution is 2.35. The predicted molar refractivity (Wildman–Crippen MR) is 177 cm³/mol. The van der Waals surface area contributed by atoms with Crippen LogP contribution in [0.1, 0.15) is 32.6 Å². The summed E-state index contributed by atoms with van der Waals surface area (Å²) in [4.78, 5) is 25.4. The normalized spacial score (nSPS) is 18.1. The molecule has 0 saturated carbocycles. The second kappa shape index (κ2) is 13.5. The Morgan fingerprint density at radius 3 is 2.58 bits per heavy atom. The molecule has 1 amide bonds. The number of benzene rings is 2. The standard InChI is InChI=1S/C36H35F4N7O/c1-24-8-9-26(34(48)42-28-12-10-27(30(21-28)36(38,39)40)22-46-18-16-44(2)17-19-46)20-25(24)11-13-29-23-45(3)35-32(7-5-15-47(29)35)43-33-31(37)6-4-14-41-33/h4-10,12,14-15,20-21,23,35H,16-19,22H2,1-3H3,(H,41,43)(H,42,48). The molecule has 3 aliphatic heterocycles. The van der Waals surface area contributed by atoms with Crippen molar-refractivity contribution >= 4 is 17.4 Å². The Kier molecular flexibility index (Phi) is 9.26. The van der Waals surface area contributed by atoms with Gasteiger partial charge in [-0.1, -0.05) is 18.1 Å². The molecule has 8 nitrogen and oxygen atoms in total. The Labute approximate surface area is 277 Å². The van der Waals surface area contributed by atoms with Crippen LogP contribution in [0, 0.1) is 24.6 Å². The number of piperazine rings is 1. The van der Waals surface area contributed by atoms with Crippen molar-refractivity contribution in [3.63, 3.8) is 0 Å². The lowest BCUT2D eigenvalue weighted by atomic mass is 10.0. The average Bonchev–Trinajstić information content (AvgIpc) is 3.38. The molecule has 1 fully saturated rings. The minimum atomic E-state index is -4.57. The highest BCUT2D eigenvalue weighted by Gasteiger charge is 2.35.